The van der Waals surface area contributed by atoms with Gasteiger partial charge in [0.1, 0.15) is 23.0 Å². The van der Waals surface area contributed by atoms with Gasteiger partial charge < -0.3 is 19.3 Å². The summed E-state index contributed by atoms with van der Waals surface area (Å²) in [6.45, 7) is 3.86. The van der Waals surface area contributed by atoms with E-state index in [0.717, 1.165) is 0 Å². The summed E-state index contributed by atoms with van der Waals surface area (Å²) in [5, 5.41) is 11.3. The molecule has 0 aromatic heterocycles. The smallest absolute Gasteiger partial charge is 0.300 e. The molecule has 0 aliphatic carbocycles. The van der Waals surface area contributed by atoms with Crippen LogP contribution in [-0.4, -0.2) is 37.1 Å². The predicted molar refractivity (Wildman–Crippen MR) is 133 cm³/mol. The Balaban J connectivity index is 1.90. The minimum absolute atomic E-state index is 0.00340. The maximum Gasteiger partial charge on any atom is 0.300 e. The van der Waals surface area contributed by atoms with Crippen molar-refractivity contribution in [3.63, 3.8) is 0 Å². The average Bonchev–Trinajstić information content (AvgIpc) is 3.14. The number of Topliss-reactive ketones (excluding diaryl/α,β-unsaturated/α-hetero) is 1. The molecule has 1 fully saturated rings. The van der Waals surface area contributed by atoms with Gasteiger partial charge in [-0.15, -0.1) is 0 Å². The first-order valence-corrected chi connectivity index (χ1v) is 11.2. The normalized spacial score (nSPS) is 17.1. The lowest BCUT2D eigenvalue weighted by Crippen LogP contribution is -2.29. The van der Waals surface area contributed by atoms with Gasteiger partial charge in [0.05, 0.1) is 31.9 Å². The molecule has 1 aliphatic rings. The Bertz CT molecular complexity index is 1280. The molecular weight excluding hydrogens is 446 g/mol. The number of carbonyl (C=O) groups excluding carboxylic acids is 2. The van der Waals surface area contributed by atoms with E-state index in [0.29, 0.717) is 34.1 Å². The van der Waals surface area contributed by atoms with Crippen molar-refractivity contribution in [2.45, 2.75) is 26.0 Å². The number of rotatable bonds is 7. The Kier molecular flexibility index (Phi) is 6.78. The van der Waals surface area contributed by atoms with E-state index in [1.54, 1.807) is 72.8 Å². The van der Waals surface area contributed by atoms with Gasteiger partial charge in [-0.05, 0) is 55.8 Å². The van der Waals surface area contributed by atoms with Crippen molar-refractivity contribution in [1.29, 1.82) is 0 Å². The number of aliphatic hydroxyl groups is 1. The second-order valence-electron chi connectivity index (χ2n) is 8.34. The van der Waals surface area contributed by atoms with Crippen molar-refractivity contribution in [3.8, 4) is 17.2 Å². The van der Waals surface area contributed by atoms with Crippen LogP contribution in [0.4, 0.5) is 5.69 Å². The molecule has 0 spiro atoms. The highest BCUT2D eigenvalue weighted by Crippen LogP contribution is 2.43. The van der Waals surface area contributed by atoms with Crippen LogP contribution >= 0.6 is 0 Å². The molecule has 35 heavy (non-hydrogen) atoms. The van der Waals surface area contributed by atoms with Gasteiger partial charge in [0, 0.05) is 17.3 Å². The second-order valence-corrected chi connectivity index (χ2v) is 8.34. The van der Waals surface area contributed by atoms with Crippen LogP contribution in [0.1, 0.15) is 31.0 Å². The van der Waals surface area contributed by atoms with Crippen molar-refractivity contribution >= 4 is 23.1 Å². The summed E-state index contributed by atoms with van der Waals surface area (Å²) >= 11 is 0. The summed E-state index contributed by atoms with van der Waals surface area (Å²) in [4.78, 5) is 28.0. The molecular formula is C28H27NO6. The maximum atomic E-state index is 13.3. The Morgan fingerprint density at radius 2 is 1.49 bits per heavy atom. The Hall–Kier alpha value is -4.26. The fourth-order valence-electron chi connectivity index (χ4n) is 4.10. The van der Waals surface area contributed by atoms with Gasteiger partial charge in [0.15, 0.2) is 0 Å². The summed E-state index contributed by atoms with van der Waals surface area (Å²) in [5.41, 5.74) is 1.48. The summed E-state index contributed by atoms with van der Waals surface area (Å²) < 4.78 is 16.3. The zero-order valence-electron chi connectivity index (χ0n) is 20.0. The number of hydrogen-bond donors (Lipinski definition) is 1. The second kappa shape index (κ2) is 9.93. The van der Waals surface area contributed by atoms with Crippen LogP contribution in [0.25, 0.3) is 5.76 Å². The Morgan fingerprint density at radius 1 is 0.857 bits per heavy atom. The highest BCUT2D eigenvalue weighted by atomic mass is 16.5. The lowest BCUT2D eigenvalue weighted by Gasteiger charge is -2.26. The molecule has 1 atom stereocenters. The number of nitrogens with zero attached hydrogens (tertiary/aromatic N) is 1. The van der Waals surface area contributed by atoms with Crippen LogP contribution in [0.2, 0.25) is 0 Å². The van der Waals surface area contributed by atoms with Gasteiger partial charge in [-0.25, -0.2) is 0 Å². The summed E-state index contributed by atoms with van der Waals surface area (Å²) in [6, 6.07) is 19.9. The zero-order chi connectivity index (χ0) is 25.1. The number of methoxy groups -OCH3 is 2. The molecule has 1 amide bonds. The third-order valence-electron chi connectivity index (χ3n) is 5.69. The first-order chi connectivity index (χ1) is 16.8. The molecule has 0 saturated carbocycles. The first-order valence-electron chi connectivity index (χ1n) is 11.2. The van der Waals surface area contributed by atoms with E-state index < -0.39 is 17.7 Å². The molecule has 3 aromatic rings. The molecule has 7 heteroatoms. The largest absolute Gasteiger partial charge is 0.507 e. The van der Waals surface area contributed by atoms with Gasteiger partial charge in [-0.3, -0.25) is 14.5 Å². The number of carbonyl (C=O) groups is 2. The topological polar surface area (TPSA) is 85.3 Å². The van der Waals surface area contributed by atoms with Gasteiger partial charge in [0.2, 0.25) is 0 Å². The van der Waals surface area contributed by atoms with E-state index >= 15 is 0 Å². The molecule has 7 nitrogen and oxygen atoms in total. The highest BCUT2D eigenvalue weighted by molar-refractivity contribution is 6.51. The van der Waals surface area contributed by atoms with E-state index in [2.05, 4.69) is 0 Å². The van der Waals surface area contributed by atoms with E-state index in [1.807, 2.05) is 13.8 Å². The van der Waals surface area contributed by atoms with E-state index in [1.165, 1.54) is 19.1 Å². The maximum absolute atomic E-state index is 13.3. The van der Waals surface area contributed by atoms with Crippen LogP contribution in [0.5, 0.6) is 17.2 Å². The molecule has 1 aliphatic heterocycles. The van der Waals surface area contributed by atoms with Gasteiger partial charge in [0.25, 0.3) is 11.7 Å². The van der Waals surface area contributed by atoms with Crippen molar-refractivity contribution in [3.05, 3.63) is 89.5 Å². The van der Waals surface area contributed by atoms with Crippen LogP contribution in [0, 0.1) is 0 Å². The predicted octanol–water partition coefficient (Wildman–Crippen LogP) is 5.12. The fourth-order valence-corrected chi connectivity index (χ4v) is 4.10. The van der Waals surface area contributed by atoms with Gasteiger partial charge >= 0.3 is 0 Å². The fraction of sp³-hybridized carbons (Fsp3) is 0.214. The van der Waals surface area contributed by atoms with Crippen molar-refractivity contribution in [1.82, 2.24) is 0 Å². The highest BCUT2D eigenvalue weighted by Gasteiger charge is 2.47. The molecule has 3 aromatic carbocycles. The number of anilines is 1. The van der Waals surface area contributed by atoms with E-state index in [-0.39, 0.29) is 17.4 Å². The van der Waals surface area contributed by atoms with E-state index in [9.17, 15) is 14.7 Å². The monoisotopic (exact) mass is 473 g/mol. The van der Waals surface area contributed by atoms with Gasteiger partial charge in [-0.2, -0.15) is 0 Å². The third kappa shape index (κ3) is 4.71. The lowest BCUT2D eigenvalue weighted by atomic mass is 9.95. The summed E-state index contributed by atoms with van der Waals surface area (Å²) in [5.74, 6) is -0.0784. The van der Waals surface area contributed by atoms with Crippen molar-refractivity contribution in [2.24, 2.45) is 0 Å². The number of ether oxygens (including phenoxy) is 3. The van der Waals surface area contributed by atoms with E-state index in [4.69, 9.17) is 14.2 Å². The molecule has 1 unspecified atom stereocenters. The molecule has 4 rings (SSSR count). The summed E-state index contributed by atoms with van der Waals surface area (Å²) in [7, 11) is 3.04. The number of hydrogen-bond acceptors (Lipinski definition) is 6. The Morgan fingerprint density at radius 3 is 2.11 bits per heavy atom. The molecule has 0 radical (unpaired) electrons. The lowest BCUT2D eigenvalue weighted by molar-refractivity contribution is -0.132. The molecule has 1 heterocycles. The number of amides is 1. The van der Waals surface area contributed by atoms with Crippen LogP contribution in [0.15, 0.2) is 78.4 Å². The average molecular weight is 474 g/mol. The number of benzene rings is 3. The standard InChI is InChI=1S/C28H27NO6/c1-17(2)35-21-13-11-18(12-14-21)25-24(26(30)19-7-5-9-22(15-19)33-3)27(31)28(32)29(25)20-8-6-10-23(16-20)34-4/h5-17,25,30H,1-4H3/b26-24+. The van der Waals surface area contributed by atoms with Gasteiger partial charge in [-0.1, -0.05) is 30.3 Å². The molecule has 180 valence electrons. The number of ketones is 1. The van der Waals surface area contributed by atoms with Crippen LogP contribution in [0.3, 0.4) is 0 Å². The minimum Gasteiger partial charge on any atom is -0.507 e. The molecule has 1 N–H and O–H groups in total. The quantitative estimate of drug-likeness (QED) is 0.291. The third-order valence-corrected chi connectivity index (χ3v) is 5.69. The SMILES string of the molecule is COc1cccc(/C(O)=C2\C(=O)C(=O)N(c3cccc(OC)c3)C2c2ccc(OC(C)C)cc2)c1. The molecule has 1 saturated heterocycles. The Labute approximate surface area is 204 Å². The molecule has 0 bridgehead atoms. The van der Waals surface area contributed by atoms with Crippen molar-refractivity contribution < 1.29 is 28.9 Å². The van der Waals surface area contributed by atoms with Crippen LogP contribution in [-0.2, 0) is 9.59 Å². The summed E-state index contributed by atoms with van der Waals surface area (Å²) in [6.07, 6.45) is -0.00340. The van der Waals surface area contributed by atoms with Crippen molar-refractivity contribution in [2.75, 3.05) is 19.1 Å². The minimum atomic E-state index is -0.860. The number of aliphatic hydroxyl groups excluding tert-OH is 1. The van der Waals surface area contributed by atoms with Crippen LogP contribution < -0.4 is 19.1 Å². The zero-order valence-corrected chi connectivity index (χ0v) is 20.0. The first kappa shape index (κ1) is 23.9.